The van der Waals surface area contributed by atoms with Crippen molar-refractivity contribution >= 4 is 28.3 Å². The van der Waals surface area contributed by atoms with E-state index in [2.05, 4.69) is 0 Å². The Hall–Kier alpha value is 3.15. The summed E-state index contributed by atoms with van der Waals surface area (Å²) < 4.78 is 0. The maximum Gasteiger partial charge on any atom is 1.00 e. The standard InChI is InChI=1S/3ClH.K.H3N.Pt/h3*1H;;1H3;/q;;;+1;;+2/p-3. The summed E-state index contributed by atoms with van der Waals surface area (Å²) in [7, 11) is 14.9. The van der Waals surface area contributed by atoms with Crippen LogP contribution < -0.4 is 57.5 Å². The van der Waals surface area contributed by atoms with Gasteiger partial charge in [0.1, 0.15) is 0 Å². The minimum atomic E-state index is -1.85. The fourth-order valence-corrected chi connectivity index (χ4v) is 0. The Kier molecular flexibility index (Phi) is 29.5. The van der Waals surface area contributed by atoms with Crippen molar-refractivity contribution in [2.75, 3.05) is 0 Å². The number of hydrogen-bond donors (Lipinski definition) is 1. The molecule has 0 aromatic heterocycles. The smallest absolute Gasteiger partial charge is 1.00 e. The van der Waals surface area contributed by atoms with E-state index in [0.29, 0.717) is 0 Å². The summed E-state index contributed by atoms with van der Waals surface area (Å²) in [5, 5.41) is 0. The second-order valence-corrected chi connectivity index (χ2v) is 9.98. The zero-order chi connectivity index (χ0) is 3.58. The second kappa shape index (κ2) is 11.0. The number of rotatable bonds is 0. The molecule has 0 aromatic rings. The van der Waals surface area contributed by atoms with Crippen molar-refractivity contribution in [2.45, 2.75) is 0 Å². The molecular formula is H3Cl3KNPt. The Morgan fingerprint density at radius 1 is 1.00 bits per heavy atom. The molecule has 0 aliphatic rings. The predicted octanol–water partition coefficient (Wildman–Crippen LogP) is -0.768. The molecule has 0 bridgehead atoms. The minimum Gasteiger partial charge on any atom is 1.00 e. The van der Waals surface area contributed by atoms with Crippen LogP contribution in [0, 0.1) is 0 Å². The average Bonchev–Trinajstić information content (AvgIpc) is 0.811. The summed E-state index contributed by atoms with van der Waals surface area (Å²) in [6, 6.07) is 0. The Morgan fingerprint density at radius 3 is 1.00 bits per heavy atom. The topological polar surface area (TPSA) is 35.0 Å². The van der Waals surface area contributed by atoms with Crippen LogP contribution in [-0.4, -0.2) is 0 Å². The van der Waals surface area contributed by atoms with Crippen molar-refractivity contribution < 1.29 is 65.6 Å². The zero-order valence-corrected chi connectivity index (χ0v) is 10.8. The first-order chi connectivity index (χ1) is 1.73. The van der Waals surface area contributed by atoms with E-state index in [0.717, 1.165) is 0 Å². The van der Waals surface area contributed by atoms with Crippen molar-refractivity contribution in [1.82, 2.24) is 6.15 Å². The SMILES string of the molecule is N.[Cl][Pt-]([Cl])[Cl].[K+]. The Bertz CT molecular complexity index is 15.5. The molecule has 0 fully saturated rings. The fourth-order valence-electron chi connectivity index (χ4n) is 0. The minimum absolute atomic E-state index is 0. The quantitative estimate of drug-likeness (QED) is 0.568. The summed E-state index contributed by atoms with van der Waals surface area (Å²) in [6.45, 7) is 0. The number of halogens is 3. The molecule has 0 spiro atoms. The molecule has 0 aliphatic carbocycles. The summed E-state index contributed by atoms with van der Waals surface area (Å²) in [6.07, 6.45) is 0. The molecule has 0 saturated carbocycles. The molecule has 0 radical (unpaired) electrons. The van der Waals surface area contributed by atoms with Crippen LogP contribution in [0.5, 0.6) is 0 Å². The molecule has 0 aliphatic heterocycles. The molecule has 0 heterocycles. The molecule has 0 rings (SSSR count). The van der Waals surface area contributed by atoms with Crippen LogP contribution in [0.25, 0.3) is 0 Å². The Morgan fingerprint density at radius 2 is 1.00 bits per heavy atom. The van der Waals surface area contributed by atoms with Gasteiger partial charge in [-0.2, -0.15) is 0 Å². The normalized spacial score (nSPS) is 7.50. The van der Waals surface area contributed by atoms with Crippen molar-refractivity contribution in [2.24, 2.45) is 0 Å². The van der Waals surface area contributed by atoms with E-state index < -0.39 is 14.2 Å². The molecule has 6 heavy (non-hydrogen) atoms. The largest absolute Gasteiger partial charge is 1.00 e. The van der Waals surface area contributed by atoms with E-state index in [9.17, 15) is 0 Å². The van der Waals surface area contributed by atoms with E-state index in [1.165, 1.54) is 0 Å². The second-order valence-electron chi connectivity index (χ2n) is 0.136. The van der Waals surface area contributed by atoms with Crippen molar-refractivity contribution in [3.05, 3.63) is 0 Å². The zero-order valence-electron chi connectivity index (χ0n) is 3.16. The fraction of sp³-hybridized carbons (Fsp3) is 0. The van der Waals surface area contributed by atoms with Crippen LogP contribution in [0.2, 0.25) is 0 Å². The van der Waals surface area contributed by atoms with Gasteiger partial charge >= 0.3 is 93.8 Å². The maximum absolute atomic E-state index is 4.96. The summed E-state index contributed by atoms with van der Waals surface area (Å²) in [5.74, 6) is 0. The van der Waals surface area contributed by atoms with Gasteiger partial charge in [0, 0.05) is 0 Å². The summed E-state index contributed by atoms with van der Waals surface area (Å²) >= 11 is -1.85. The van der Waals surface area contributed by atoms with Gasteiger partial charge in [-0.15, -0.1) is 0 Å². The third-order valence-electron chi connectivity index (χ3n) is 0. The molecular weight excluding hydrogens is 355 g/mol. The van der Waals surface area contributed by atoms with Crippen LogP contribution in [0.1, 0.15) is 0 Å². The van der Waals surface area contributed by atoms with Gasteiger partial charge in [0.05, 0.1) is 0 Å². The van der Waals surface area contributed by atoms with E-state index in [1.54, 1.807) is 0 Å². The Labute approximate surface area is 97.4 Å². The van der Waals surface area contributed by atoms with Gasteiger partial charge in [0.15, 0.2) is 0 Å². The van der Waals surface area contributed by atoms with Crippen molar-refractivity contribution in [3.8, 4) is 0 Å². The van der Waals surface area contributed by atoms with E-state index in [4.69, 9.17) is 28.3 Å². The molecule has 6 heteroatoms. The first-order valence-electron chi connectivity index (χ1n) is 0.359. The van der Waals surface area contributed by atoms with Gasteiger partial charge in [-0.3, -0.25) is 0 Å². The predicted molar refractivity (Wildman–Crippen MR) is 22.6 cm³/mol. The van der Waals surface area contributed by atoms with Crippen LogP contribution in [0.3, 0.4) is 0 Å². The van der Waals surface area contributed by atoms with E-state index in [-0.39, 0.29) is 57.5 Å². The van der Waals surface area contributed by atoms with Gasteiger partial charge < -0.3 is 6.15 Å². The van der Waals surface area contributed by atoms with Gasteiger partial charge in [-0.05, 0) is 0 Å². The summed E-state index contributed by atoms with van der Waals surface area (Å²) in [4.78, 5) is 0. The van der Waals surface area contributed by atoms with Gasteiger partial charge in [-0.25, -0.2) is 0 Å². The van der Waals surface area contributed by atoms with E-state index in [1.807, 2.05) is 0 Å². The molecule has 1 nitrogen and oxygen atoms in total. The molecule has 0 aromatic carbocycles. The van der Waals surface area contributed by atoms with Crippen LogP contribution in [0.15, 0.2) is 0 Å². The van der Waals surface area contributed by atoms with Crippen molar-refractivity contribution in [3.63, 3.8) is 0 Å². The molecule has 40 valence electrons. The third-order valence-corrected chi connectivity index (χ3v) is 0. The van der Waals surface area contributed by atoms with Crippen LogP contribution in [-0.2, 0) is 14.2 Å². The maximum atomic E-state index is 4.96. The third kappa shape index (κ3) is 27.2. The summed E-state index contributed by atoms with van der Waals surface area (Å²) in [5.41, 5.74) is 0. The van der Waals surface area contributed by atoms with Crippen LogP contribution in [0.4, 0.5) is 0 Å². The van der Waals surface area contributed by atoms with Gasteiger partial charge in [-0.1, -0.05) is 0 Å². The van der Waals surface area contributed by atoms with Gasteiger partial charge in [0.25, 0.3) is 0 Å². The van der Waals surface area contributed by atoms with Gasteiger partial charge in [0.2, 0.25) is 0 Å². The molecule has 0 unspecified atom stereocenters. The molecule has 0 atom stereocenters. The first-order valence-corrected chi connectivity index (χ1v) is 8.81. The van der Waals surface area contributed by atoms with Crippen molar-refractivity contribution in [1.29, 1.82) is 0 Å². The molecule has 0 amide bonds. The first kappa shape index (κ1) is 16.1. The van der Waals surface area contributed by atoms with E-state index >= 15 is 0 Å². The Balaban J connectivity index is -0.0000000450. The monoisotopic (exact) mass is 356 g/mol. The average molecular weight is 358 g/mol. The van der Waals surface area contributed by atoms with Crippen LogP contribution >= 0.6 is 28.3 Å². The molecule has 3 N–H and O–H groups in total. The molecule has 0 saturated heterocycles. The number of hydrogen-bond acceptors (Lipinski definition) is 1.